The summed E-state index contributed by atoms with van der Waals surface area (Å²) in [6.45, 7) is 6.17. The van der Waals surface area contributed by atoms with Crippen LogP contribution in [0.25, 0.3) is 0 Å². The number of ether oxygens (including phenoxy) is 1. The molecule has 1 N–H and O–H groups in total. The molecule has 0 aromatic carbocycles. The van der Waals surface area contributed by atoms with E-state index in [1.54, 1.807) is 0 Å². The van der Waals surface area contributed by atoms with Crippen molar-refractivity contribution in [1.82, 2.24) is 9.88 Å². The number of nitrogens with zero attached hydrogens (tertiary/aromatic N) is 1. The summed E-state index contributed by atoms with van der Waals surface area (Å²) in [4.78, 5) is 0. The van der Waals surface area contributed by atoms with Gasteiger partial charge in [0.05, 0.1) is 6.10 Å². The maximum atomic E-state index is 5.60. The Labute approximate surface area is 91.4 Å². The average Bonchev–Trinajstić information content (AvgIpc) is 2.73. The molecule has 1 aromatic heterocycles. The summed E-state index contributed by atoms with van der Waals surface area (Å²) in [5.74, 6) is 0. The maximum absolute atomic E-state index is 5.60. The van der Waals surface area contributed by atoms with Gasteiger partial charge in [-0.25, -0.2) is 0 Å². The van der Waals surface area contributed by atoms with Crippen LogP contribution in [-0.2, 0) is 18.3 Å². The van der Waals surface area contributed by atoms with Gasteiger partial charge in [0.15, 0.2) is 0 Å². The van der Waals surface area contributed by atoms with Crippen molar-refractivity contribution >= 4 is 0 Å². The molecule has 84 valence electrons. The molecule has 1 aliphatic rings. The zero-order valence-corrected chi connectivity index (χ0v) is 9.79. The van der Waals surface area contributed by atoms with Crippen LogP contribution < -0.4 is 5.32 Å². The highest BCUT2D eigenvalue weighted by atomic mass is 16.5. The fraction of sp³-hybridized carbons (Fsp3) is 0.667. The lowest BCUT2D eigenvalue weighted by molar-refractivity contribution is 0.0879. The third-order valence-corrected chi connectivity index (χ3v) is 3.61. The van der Waals surface area contributed by atoms with Crippen molar-refractivity contribution in [3.8, 4) is 0 Å². The minimum absolute atomic E-state index is 0.129. The molecule has 1 aliphatic heterocycles. The molecule has 3 heteroatoms. The molecule has 1 aromatic rings. The van der Waals surface area contributed by atoms with Crippen LogP contribution in [0.2, 0.25) is 0 Å². The van der Waals surface area contributed by atoms with Crippen LogP contribution in [0.5, 0.6) is 0 Å². The summed E-state index contributed by atoms with van der Waals surface area (Å²) in [5, 5.41) is 3.61. The second-order valence-electron chi connectivity index (χ2n) is 4.64. The second-order valence-corrected chi connectivity index (χ2v) is 4.64. The summed E-state index contributed by atoms with van der Waals surface area (Å²) >= 11 is 0. The Kier molecular flexibility index (Phi) is 2.85. The Balaban J connectivity index is 1.96. The Bertz CT molecular complexity index is 334. The average molecular weight is 208 g/mol. The molecule has 0 amide bonds. The molecular formula is C12H20N2O. The van der Waals surface area contributed by atoms with Crippen LogP contribution in [0.1, 0.15) is 26.0 Å². The molecular weight excluding hydrogens is 188 g/mol. The molecule has 1 saturated heterocycles. The molecule has 2 rings (SSSR count). The normalized spacial score (nSPS) is 31.0. The van der Waals surface area contributed by atoms with Crippen molar-refractivity contribution in [2.75, 3.05) is 6.61 Å². The van der Waals surface area contributed by atoms with Crippen molar-refractivity contribution < 1.29 is 4.74 Å². The number of rotatable bonds is 3. The van der Waals surface area contributed by atoms with Crippen molar-refractivity contribution in [2.45, 2.75) is 38.5 Å². The van der Waals surface area contributed by atoms with Crippen LogP contribution in [0.4, 0.5) is 0 Å². The molecule has 2 atom stereocenters. The predicted molar refractivity (Wildman–Crippen MR) is 60.7 cm³/mol. The molecule has 15 heavy (non-hydrogen) atoms. The largest absolute Gasteiger partial charge is 0.377 e. The van der Waals surface area contributed by atoms with Gasteiger partial charge in [0.25, 0.3) is 0 Å². The van der Waals surface area contributed by atoms with E-state index < -0.39 is 0 Å². The summed E-state index contributed by atoms with van der Waals surface area (Å²) in [5.41, 5.74) is 1.44. The zero-order valence-electron chi connectivity index (χ0n) is 9.79. The smallest absolute Gasteiger partial charge is 0.0726 e. The third kappa shape index (κ3) is 2.08. The standard InChI is InChI=1S/C12H20N2O/c1-10-12(2,6-8-15-10)13-9-11-5-4-7-14(11)3/h4-5,7,10,13H,6,8-9H2,1-3H3. The van der Waals surface area contributed by atoms with E-state index in [1.165, 1.54) is 5.69 Å². The Morgan fingerprint density at radius 1 is 1.67 bits per heavy atom. The van der Waals surface area contributed by atoms with E-state index in [2.05, 4.69) is 49.1 Å². The molecule has 0 spiro atoms. The third-order valence-electron chi connectivity index (χ3n) is 3.61. The first-order valence-electron chi connectivity index (χ1n) is 5.59. The Morgan fingerprint density at radius 2 is 2.47 bits per heavy atom. The summed E-state index contributed by atoms with van der Waals surface area (Å²) in [6, 6.07) is 4.23. The zero-order chi connectivity index (χ0) is 10.9. The molecule has 1 fully saturated rings. The van der Waals surface area contributed by atoms with E-state index in [0.717, 1.165) is 19.6 Å². The predicted octanol–water partition coefficient (Wildman–Crippen LogP) is 1.68. The van der Waals surface area contributed by atoms with E-state index in [9.17, 15) is 0 Å². The highest BCUT2D eigenvalue weighted by Gasteiger charge is 2.36. The quantitative estimate of drug-likeness (QED) is 0.818. The van der Waals surface area contributed by atoms with Gasteiger partial charge in [0.2, 0.25) is 0 Å². The van der Waals surface area contributed by atoms with Crippen molar-refractivity contribution in [3.63, 3.8) is 0 Å². The van der Waals surface area contributed by atoms with Crippen LogP contribution in [0.3, 0.4) is 0 Å². The van der Waals surface area contributed by atoms with Crippen LogP contribution in [0.15, 0.2) is 18.3 Å². The van der Waals surface area contributed by atoms with E-state index >= 15 is 0 Å². The van der Waals surface area contributed by atoms with Gasteiger partial charge in [-0.3, -0.25) is 0 Å². The van der Waals surface area contributed by atoms with Crippen molar-refractivity contribution in [2.24, 2.45) is 7.05 Å². The lowest BCUT2D eigenvalue weighted by atomic mass is 9.94. The maximum Gasteiger partial charge on any atom is 0.0726 e. The second kappa shape index (κ2) is 3.99. The number of hydrogen-bond donors (Lipinski definition) is 1. The van der Waals surface area contributed by atoms with Gasteiger partial charge in [-0.1, -0.05) is 0 Å². The van der Waals surface area contributed by atoms with Crippen molar-refractivity contribution in [3.05, 3.63) is 24.0 Å². The van der Waals surface area contributed by atoms with Crippen LogP contribution >= 0.6 is 0 Å². The monoisotopic (exact) mass is 208 g/mol. The van der Waals surface area contributed by atoms with Gasteiger partial charge >= 0.3 is 0 Å². The van der Waals surface area contributed by atoms with Gasteiger partial charge in [0, 0.05) is 37.6 Å². The van der Waals surface area contributed by atoms with E-state index in [-0.39, 0.29) is 5.54 Å². The molecule has 3 nitrogen and oxygen atoms in total. The van der Waals surface area contributed by atoms with Crippen LogP contribution in [0, 0.1) is 0 Å². The van der Waals surface area contributed by atoms with Crippen LogP contribution in [-0.4, -0.2) is 22.8 Å². The van der Waals surface area contributed by atoms with Gasteiger partial charge in [-0.15, -0.1) is 0 Å². The SMILES string of the molecule is CC1OCCC1(C)NCc1cccn1C. The van der Waals surface area contributed by atoms with E-state index in [4.69, 9.17) is 4.74 Å². The number of nitrogens with one attached hydrogen (secondary N) is 1. The summed E-state index contributed by atoms with van der Waals surface area (Å²) in [7, 11) is 2.08. The topological polar surface area (TPSA) is 26.2 Å². The molecule has 2 unspecified atom stereocenters. The van der Waals surface area contributed by atoms with E-state index in [0.29, 0.717) is 6.10 Å². The number of aromatic nitrogens is 1. The first kappa shape index (κ1) is 10.7. The lowest BCUT2D eigenvalue weighted by Gasteiger charge is -2.29. The van der Waals surface area contributed by atoms with Gasteiger partial charge in [-0.2, -0.15) is 0 Å². The minimum Gasteiger partial charge on any atom is -0.377 e. The molecule has 0 bridgehead atoms. The molecule has 0 saturated carbocycles. The van der Waals surface area contributed by atoms with Gasteiger partial charge in [0.1, 0.15) is 0 Å². The first-order chi connectivity index (χ1) is 7.12. The highest BCUT2D eigenvalue weighted by molar-refractivity contribution is 5.07. The lowest BCUT2D eigenvalue weighted by Crippen LogP contribution is -2.47. The molecule has 0 radical (unpaired) electrons. The highest BCUT2D eigenvalue weighted by Crippen LogP contribution is 2.25. The molecule has 0 aliphatic carbocycles. The van der Waals surface area contributed by atoms with Gasteiger partial charge in [-0.05, 0) is 32.4 Å². The summed E-state index contributed by atoms with van der Waals surface area (Å²) < 4.78 is 7.75. The molecule has 2 heterocycles. The first-order valence-corrected chi connectivity index (χ1v) is 5.59. The minimum atomic E-state index is 0.129. The fourth-order valence-corrected chi connectivity index (χ4v) is 2.04. The fourth-order valence-electron chi connectivity index (χ4n) is 2.04. The Hall–Kier alpha value is -0.800. The number of hydrogen-bond acceptors (Lipinski definition) is 2. The Morgan fingerprint density at radius 3 is 3.00 bits per heavy atom. The van der Waals surface area contributed by atoms with E-state index in [1.807, 2.05) is 0 Å². The van der Waals surface area contributed by atoms with Gasteiger partial charge < -0.3 is 14.6 Å². The number of aryl methyl sites for hydroxylation is 1. The van der Waals surface area contributed by atoms with Crippen molar-refractivity contribution in [1.29, 1.82) is 0 Å². The summed E-state index contributed by atoms with van der Waals surface area (Å²) in [6.07, 6.45) is 3.48.